The number of rotatable bonds is 6. The SMILES string of the molecule is CCOC(=O)COC(=O)c1ccccc1C(=O)CC. The summed E-state index contributed by atoms with van der Waals surface area (Å²) < 4.78 is 9.46. The van der Waals surface area contributed by atoms with Gasteiger partial charge in [0.2, 0.25) is 0 Å². The van der Waals surface area contributed by atoms with Crippen molar-refractivity contribution < 1.29 is 23.9 Å². The summed E-state index contributed by atoms with van der Waals surface area (Å²) in [5.41, 5.74) is 0.470. The highest BCUT2D eigenvalue weighted by molar-refractivity contribution is 6.06. The Kier molecular flexibility index (Phi) is 5.73. The zero-order valence-corrected chi connectivity index (χ0v) is 11.0. The second-order valence-corrected chi connectivity index (χ2v) is 3.70. The van der Waals surface area contributed by atoms with Crippen LogP contribution in [0.25, 0.3) is 0 Å². The van der Waals surface area contributed by atoms with E-state index in [1.54, 1.807) is 32.0 Å². The van der Waals surface area contributed by atoms with Crippen molar-refractivity contribution in [1.82, 2.24) is 0 Å². The summed E-state index contributed by atoms with van der Waals surface area (Å²) in [6, 6.07) is 6.36. The predicted octanol–water partition coefficient (Wildman–Crippen LogP) is 2.00. The molecule has 0 aliphatic carbocycles. The first-order chi connectivity index (χ1) is 9.10. The fraction of sp³-hybridized carbons (Fsp3) is 0.357. The van der Waals surface area contributed by atoms with Gasteiger partial charge in [-0.05, 0) is 13.0 Å². The van der Waals surface area contributed by atoms with Gasteiger partial charge in [0.15, 0.2) is 12.4 Å². The van der Waals surface area contributed by atoms with Crippen molar-refractivity contribution in [1.29, 1.82) is 0 Å². The van der Waals surface area contributed by atoms with Crippen LogP contribution in [0.15, 0.2) is 24.3 Å². The number of esters is 2. The zero-order chi connectivity index (χ0) is 14.3. The standard InChI is InChI=1S/C14H16O5/c1-3-12(15)10-7-5-6-8-11(10)14(17)19-9-13(16)18-4-2/h5-8H,3-4,9H2,1-2H3. The molecule has 19 heavy (non-hydrogen) atoms. The monoisotopic (exact) mass is 264 g/mol. The number of carbonyl (C=O) groups excluding carboxylic acids is 3. The Labute approximate surface area is 111 Å². The van der Waals surface area contributed by atoms with Crippen LogP contribution in [0.2, 0.25) is 0 Å². The van der Waals surface area contributed by atoms with Gasteiger partial charge in [-0.1, -0.05) is 25.1 Å². The molecule has 0 unspecified atom stereocenters. The van der Waals surface area contributed by atoms with Gasteiger partial charge >= 0.3 is 11.9 Å². The molecule has 0 fully saturated rings. The normalized spacial score (nSPS) is 9.79. The Morgan fingerprint density at radius 2 is 1.63 bits per heavy atom. The lowest BCUT2D eigenvalue weighted by Gasteiger charge is -2.07. The van der Waals surface area contributed by atoms with Gasteiger partial charge < -0.3 is 9.47 Å². The van der Waals surface area contributed by atoms with Crippen molar-refractivity contribution in [3.8, 4) is 0 Å². The van der Waals surface area contributed by atoms with E-state index in [0.29, 0.717) is 12.0 Å². The average Bonchev–Trinajstić information content (AvgIpc) is 2.44. The number of ether oxygens (including phenoxy) is 2. The summed E-state index contributed by atoms with van der Waals surface area (Å²) >= 11 is 0. The van der Waals surface area contributed by atoms with Crippen LogP contribution < -0.4 is 0 Å². The van der Waals surface area contributed by atoms with Crippen LogP contribution in [-0.2, 0) is 14.3 Å². The van der Waals surface area contributed by atoms with Crippen LogP contribution >= 0.6 is 0 Å². The molecule has 0 spiro atoms. The molecule has 0 bridgehead atoms. The highest BCUT2D eigenvalue weighted by atomic mass is 16.6. The van der Waals surface area contributed by atoms with E-state index >= 15 is 0 Å². The topological polar surface area (TPSA) is 69.7 Å². The van der Waals surface area contributed by atoms with Crippen molar-refractivity contribution in [3.05, 3.63) is 35.4 Å². The summed E-state index contributed by atoms with van der Waals surface area (Å²) in [7, 11) is 0. The van der Waals surface area contributed by atoms with Crippen LogP contribution in [0.1, 0.15) is 41.0 Å². The summed E-state index contributed by atoms with van der Waals surface area (Å²) in [6.45, 7) is 3.14. The van der Waals surface area contributed by atoms with E-state index in [2.05, 4.69) is 4.74 Å². The maximum Gasteiger partial charge on any atom is 0.344 e. The van der Waals surface area contributed by atoms with Crippen molar-refractivity contribution in [2.75, 3.05) is 13.2 Å². The third kappa shape index (κ3) is 4.21. The van der Waals surface area contributed by atoms with Crippen molar-refractivity contribution >= 4 is 17.7 Å². The first-order valence-corrected chi connectivity index (χ1v) is 6.05. The lowest BCUT2D eigenvalue weighted by molar-refractivity contribution is -0.146. The second-order valence-electron chi connectivity index (χ2n) is 3.70. The quantitative estimate of drug-likeness (QED) is 0.580. The van der Waals surface area contributed by atoms with Gasteiger partial charge in [0, 0.05) is 12.0 Å². The van der Waals surface area contributed by atoms with E-state index in [9.17, 15) is 14.4 Å². The molecule has 0 atom stereocenters. The highest BCUT2D eigenvalue weighted by Crippen LogP contribution is 2.12. The third-order valence-corrected chi connectivity index (χ3v) is 2.39. The van der Waals surface area contributed by atoms with Gasteiger partial charge in [0.05, 0.1) is 12.2 Å². The van der Waals surface area contributed by atoms with Crippen LogP contribution in [0, 0.1) is 0 Å². The molecule has 0 saturated carbocycles. The average molecular weight is 264 g/mol. The Bertz CT molecular complexity index is 478. The predicted molar refractivity (Wildman–Crippen MR) is 68.0 cm³/mol. The van der Waals surface area contributed by atoms with Crippen molar-refractivity contribution in [3.63, 3.8) is 0 Å². The minimum atomic E-state index is -0.703. The molecular weight excluding hydrogens is 248 g/mol. The smallest absolute Gasteiger partial charge is 0.344 e. The number of benzene rings is 1. The fourth-order valence-electron chi connectivity index (χ4n) is 1.50. The van der Waals surface area contributed by atoms with Crippen molar-refractivity contribution in [2.24, 2.45) is 0 Å². The van der Waals surface area contributed by atoms with Crippen LogP contribution in [0.4, 0.5) is 0 Å². The Morgan fingerprint density at radius 1 is 1.00 bits per heavy atom. The molecule has 0 heterocycles. The number of ketones is 1. The number of hydrogen-bond acceptors (Lipinski definition) is 5. The lowest BCUT2D eigenvalue weighted by atomic mass is 10.0. The molecule has 1 rings (SSSR count). The molecule has 0 aliphatic heterocycles. The van der Waals surface area contributed by atoms with Gasteiger partial charge in [0.1, 0.15) is 0 Å². The minimum absolute atomic E-state index is 0.149. The zero-order valence-electron chi connectivity index (χ0n) is 11.0. The third-order valence-electron chi connectivity index (χ3n) is 2.39. The number of carbonyl (C=O) groups is 3. The first-order valence-electron chi connectivity index (χ1n) is 6.05. The molecule has 1 aromatic carbocycles. The molecule has 5 heteroatoms. The summed E-state index contributed by atoms with van der Waals surface area (Å²) in [5.74, 6) is -1.47. The molecule has 0 aromatic heterocycles. The van der Waals surface area contributed by atoms with E-state index in [4.69, 9.17) is 4.74 Å². The Hall–Kier alpha value is -2.17. The molecular formula is C14H16O5. The lowest BCUT2D eigenvalue weighted by Crippen LogP contribution is -2.18. The molecule has 0 saturated heterocycles. The number of hydrogen-bond donors (Lipinski definition) is 0. The molecule has 102 valence electrons. The van der Waals surface area contributed by atoms with E-state index in [-0.39, 0.29) is 18.0 Å². The first kappa shape index (κ1) is 14.9. The van der Waals surface area contributed by atoms with Gasteiger partial charge in [-0.2, -0.15) is 0 Å². The van der Waals surface area contributed by atoms with E-state index in [0.717, 1.165) is 0 Å². The van der Waals surface area contributed by atoms with E-state index < -0.39 is 18.5 Å². The van der Waals surface area contributed by atoms with Crippen LogP contribution in [-0.4, -0.2) is 30.9 Å². The number of Topliss-reactive ketones (excluding diaryl/α,β-unsaturated/α-hetero) is 1. The van der Waals surface area contributed by atoms with Gasteiger partial charge in [-0.3, -0.25) is 4.79 Å². The molecule has 0 radical (unpaired) electrons. The largest absolute Gasteiger partial charge is 0.463 e. The van der Waals surface area contributed by atoms with Gasteiger partial charge in [-0.15, -0.1) is 0 Å². The van der Waals surface area contributed by atoms with Gasteiger partial charge in [-0.25, -0.2) is 9.59 Å². The summed E-state index contributed by atoms with van der Waals surface area (Å²) in [5, 5.41) is 0. The molecule has 0 amide bonds. The Morgan fingerprint density at radius 3 is 2.21 bits per heavy atom. The van der Waals surface area contributed by atoms with E-state index in [1.807, 2.05) is 0 Å². The fourth-order valence-corrected chi connectivity index (χ4v) is 1.50. The van der Waals surface area contributed by atoms with Crippen LogP contribution in [0.5, 0.6) is 0 Å². The van der Waals surface area contributed by atoms with Crippen molar-refractivity contribution in [2.45, 2.75) is 20.3 Å². The molecule has 5 nitrogen and oxygen atoms in total. The maximum absolute atomic E-state index is 11.8. The van der Waals surface area contributed by atoms with Crippen LogP contribution in [0.3, 0.4) is 0 Å². The van der Waals surface area contributed by atoms with Gasteiger partial charge in [0.25, 0.3) is 0 Å². The molecule has 1 aromatic rings. The maximum atomic E-state index is 11.8. The molecule has 0 N–H and O–H groups in total. The highest BCUT2D eigenvalue weighted by Gasteiger charge is 2.17. The Balaban J connectivity index is 2.77. The summed E-state index contributed by atoms with van der Waals surface area (Å²) in [4.78, 5) is 34.6. The minimum Gasteiger partial charge on any atom is -0.463 e. The second kappa shape index (κ2) is 7.31. The summed E-state index contributed by atoms with van der Waals surface area (Å²) in [6.07, 6.45) is 0.294. The molecule has 0 aliphatic rings. The van der Waals surface area contributed by atoms with E-state index in [1.165, 1.54) is 6.07 Å².